The summed E-state index contributed by atoms with van der Waals surface area (Å²) >= 11 is 3.51. The second-order valence-corrected chi connectivity index (χ2v) is 6.06. The van der Waals surface area contributed by atoms with E-state index in [1.54, 1.807) is 14.8 Å². The minimum absolute atomic E-state index is 0.192. The molecular formula is C11H15BrMg. The summed E-state index contributed by atoms with van der Waals surface area (Å²) in [6.45, 7) is 6.68. The Labute approximate surface area is 96.7 Å². The molecule has 1 aromatic carbocycles. The lowest BCUT2D eigenvalue weighted by atomic mass is 10.0. The van der Waals surface area contributed by atoms with Gasteiger partial charge >= 0.3 is 18.2 Å². The molecule has 0 radical (unpaired) electrons. The molecule has 0 N–H and O–H groups in total. The van der Waals surface area contributed by atoms with Crippen molar-refractivity contribution in [1.82, 2.24) is 0 Å². The maximum atomic E-state index is 3.70. The number of hydrogen-bond donors (Lipinski definition) is 0. The molecule has 68 valence electrons. The molecule has 0 aliphatic rings. The molecule has 0 nitrogen and oxygen atoms in total. The van der Waals surface area contributed by atoms with Gasteiger partial charge in [-0.05, 0) is 19.8 Å². The van der Waals surface area contributed by atoms with E-state index in [4.69, 9.17) is 0 Å². The molecule has 1 rings (SSSR count). The summed E-state index contributed by atoms with van der Waals surface area (Å²) < 4.78 is 1.63. The zero-order valence-electron chi connectivity index (χ0n) is 8.65. The van der Waals surface area contributed by atoms with Crippen LogP contribution >= 0.6 is 12.9 Å². The average Bonchev–Trinajstić information content (AvgIpc) is 2.16. The fourth-order valence-corrected chi connectivity index (χ4v) is 4.98. The van der Waals surface area contributed by atoms with Gasteiger partial charge in [0.1, 0.15) is 0 Å². The molecule has 0 saturated carbocycles. The van der Waals surface area contributed by atoms with Crippen LogP contribution < -0.4 is 3.69 Å². The van der Waals surface area contributed by atoms with Crippen LogP contribution in [0.15, 0.2) is 12.1 Å². The summed E-state index contributed by atoms with van der Waals surface area (Å²) in [7, 11) is 0. The van der Waals surface area contributed by atoms with E-state index in [0.29, 0.717) is 0 Å². The fraction of sp³-hybridized carbons (Fsp3) is 0.455. The highest BCUT2D eigenvalue weighted by Crippen LogP contribution is 2.09. The highest BCUT2D eigenvalue weighted by Gasteiger charge is 2.07. The van der Waals surface area contributed by atoms with Gasteiger partial charge < -0.3 is 0 Å². The predicted molar refractivity (Wildman–Crippen MR) is 64.3 cm³/mol. The molecule has 0 heterocycles. The van der Waals surface area contributed by atoms with Gasteiger partial charge in [-0.1, -0.05) is 42.7 Å². The van der Waals surface area contributed by atoms with Gasteiger partial charge in [-0.15, -0.1) is 3.69 Å². The van der Waals surface area contributed by atoms with Crippen LogP contribution in [0, 0.1) is 6.92 Å². The standard InChI is InChI=1S/C11H15.BrH.Mg/c1-4-10-6-9(3)7-11(5-2)8-10;;/h6-7H,4-5H2,1-3H3;1H;/q;;+1/p-1. The maximum absolute atomic E-state index is 3.70. The van der Waals surface area contributed by atoms with Crippen LogP contribution in [0.25, 0.3) is 0 Å². The van der Waals surface area contributed by atoms with Crippen molar-refractivity contribution in [2.45, 2.75) is 33.6 Å². The Hall–Kier alpha value is 0.466. The Morgan fingerprint density at radius 2 is 1.62 bits per heavy atom. The van der Waals surface area contributed by atoms with Crippen LogP contribution in [-0.4, -0.2) is 18.2 Å². The largest absolute Gasteiger partial charge is 0.507 e. The van der Waals surface area contributed by atoms with E-state index < -0.39 is 0 Å². The summed E-state index contributed by atoms with van der Waals surface area (Å²) in [5.74, 6) is 0. The van der Waals surface area contributed by atoms with Gasteiger partial charge in [-0.25, -0.2) is 0 Å². The molecule has 2 heteroatoms. The Kier molecular flexibility index (Phi) is 4.77. The van der Waals surface area contributed by atoms with E-state index in [0.717, 1.165) is 0 Å². The van der Waals surface area contributed by atoms with Crippen molar-refractivity contribution < 1.29 is 0 Å². The van der Waals surface area contributed by atoms with E-state index in [1.165, 1.54) is 18.4 Å². The van der Waals surface area contributed by atoms with Crippen LogP contribution in [0.5, 0.6) is 0 Å². The molecule has 0 fully saturated rings. The second kappa shape index (κ2) is 5.37. The molecule has 0 unspecified atom stereocenters. The summed E-state index contributed by atoms with van der Waals surface area (Å²) in [5.41, 5.74) is 4.52. The van der Waals surface area contributed by atoms with Crippen molar-refractivity contribution in [3.63, 3.8) is 0 Å². The lowest BCUT2D eigenvalue weighted by molar-refractivity contribution is 1.10. The zero-order chi connectivity index (χ0) is 9.84. The summed E-state index contributed by atoms with van der Waals surface area (Å²) in [4.78, 5) is 0. The third-order valence-corrected chi connectivity index (χ3v) is 5.33. The highest BCUT2D eigenvalue weighted by atomic mass is 79.9. The predicted octanol–water partition coefficient (Wildman–Crippen LogP) is 2.76. The Morgan fingerprint density at radius 1 is 1.15 bits per heavy atom. The van der Waals surface area contributed by atoms with Crippen LogP contribution in [0.1, 0.15) is 30.5 Å². The lowest BCUT2D eigenvalue weighted by Gasteiger charge is -2.12. The molecule has 0 spiro atoms. The van der Waals surface area contributed by atoms with E-state index in [-0.39, 0.29) is 18.2 Å². The number of hydrogen-bond acceptors (Lipinski definition) is 0. The first-order valence-corrected chi connectivity index (χ1v) is 9.50. The molecule has 0 saturated heterocycles. The molecule has 0 aliphatic carbocycles. The first-order chi connectivity index (χ1) is 6.22. The molecule has 0 aliphatic heterocycles. The van der Waals surface area contributed by atoms with E-state index in [1.807, 2.05) is 0 Å². The van der Waals surface area contributed by atoms with Gasteiger partial charge in [-0.3, -0.25) is 12.9 Å². The van der Waals surface area contributed by atoms with Gasteiger partial charge in [0.25, 0.3) is 0 Å². The van der Waals surface area contributed by atoms with E-state index in [2.05, 4.69) is 45.8 Å². The molecular weight excluding hydrogens is 236 g/mol. The normalized spacial score (nSPS) is 9.85. The average molecular weight is 251 g/mol. The quantitative estimate of drug-likeness (QED) is 0.725. The van der Waals surface area contributed by atoms with Gasteiger partial charge in [0, 0.05) is 0 Å². The zero-order valence-corrected chi connectivity index (χ0v) is 11.7. The molecule has 0 amide bonds. The minimum Gasteiger partial charge on any atom is -0.296 e. The Morgan fingerprint density at radius 3 is 1.92 bits per heavy atom. The van der Waals surface area contributed by atoms with Crippen LogP contribution in [0.3, 0.4) is 0 Å². The van der Waals surface area contributed by atoms with Crippen LogP contribution in [-0.2, 0) is 12.8 Å². The Bertz CT molecular complexity index is 269. The van der Waals surface area contributed by atoms with Crippen molar-refractivity contribution in [3.05, 3.63) is 28.8 Å². The van der Waals surface area contributed by atoms with Crippen LogP contribution in [0.2, 0.25) is 0 Å². The van der Waals surface area contributed by atoms with E-state index >= 15 is 0 Å². The number of benzene rings is 1. The number of halogens is 1. The first-order valence-electron chi connectivity index (χ1n) is 4.90. The molecule has 1 aromatic rings. The van der Waals surface area contributed by atoms with Gasteiger partial charge in [0.05, 0.1) is 0 Å². The van der Waals surface area contributed by atoms with E-state index in [9.17, 15) is 0 Å². The lowest BCUT2D eigenvalue weighted by Crippen LogP contribution is -2.20. The first kappa shape index (κ1) is 11.5. The van der Waals surface area contributed by atoms with Crippen molar-refractivity contribution >= 4 is 34.8 Å². The van der Waals surface area contributed by atoms with Gasteiger partial charge in [-0.2, -0.15) is 0 Å². The number of aryl methyl sites for hydroxylation is 3. The van der Waals surface area contributed by atoms with Crippen molar-refractivity contribution in [2.75, 3.05) is 0 Å². The maximum Gasteiger partial charge on any atom is 0.507 e. The molecule has 13 heavy (non-hydrogen) atoms. The third-order valence-electron chi connectivity index (χ3n) is 2.47. The fourth-order valence-electron chi connectivity index (χ4n) is 1.77. The van der Waals surface area contributed by atoms with Crippen molar-refractivity contribution in [2.24, 2.45) is 0 Å². The molecule has 0 bridgehead atoms. The molecule has 0 atom stereocenters. The molecule has 0 aromatic heterocycles. The SMILES string of the molecule is CCc1cc(C)cc(CC)[c]1[Mg][Br]. The smallest absolute Gasteiger partial charge is 0.296 e. The summed E-state index contributed by atoms with van der Waals surface area (Å²) in [5, 5.41) is 0. The van der Waals surface area contributed by atoms with Crippen LogP contribution in [0.4, 0.5) is 0 Å². The van der Waals surface area contributed by atoms with Crippen molar-refractivity contribution in [3.8, 4) is 0 Å². The van der Waals surface area contributed by atoms with Crippen molar-refractivity contribution in [1.29, 1.82) is 0 Å². The Balaban J connectivity index is 3.25. The summed E-state index contributed by atoms with van der Waals surface area (Å²) in [6, 6.07) is 4.67. The highest BCUT2D eigenvalue weighted by molar-refractivity contribution is 9.23. The number of rotatable bonds is 3. The second-order valence-electron chi connectivity index (χ2n) is 3.40. The van der Waals surface area contributed by atoms with Gasteiger partial charge in [0.15, 0.2) is 0 Å². The summed E-state index contributed by atoms with van der Waals surface area (Å²) in [6.07, 6.45) is 2.34. The van der Waals surface area contributed by atoms with Gasteiger partial charge in [0.2, 0.25) is 0 Å². The monoisotopic (exact) mass is 250 g/mol. The minimum atomic E-state index is -0.192. The topological polar surface area (TPSA) is 0 Å². The third kappa shape index (κ3) is 2.71.